The molecule has 3 heterocycles. The summed E-state index contributed by atoms with van der Waals surface area (Å²) in [6.07, 6.45) is 3.34. The van der Waals surface area contributed by atoms with Crippen molar-refractivity contribution in [3.8, 4) is 40.3 Å². The van der Waals surface area contributed by atoms with Crippen molar-refractivity contribution < 1.29 is 18.7 Å². The van der Waals surface area contributed by atoms with E-state index in [9.17, 15) is 10.1 Å². The molecule has 0 fully saturated rings. The van der Waals surface area contributed by atoms with Gasteiger partial charge in [0.25, 0.3) is 0 Å². The van der Waals surface area contributed by atoms with E-state index in [1.165, 1.54) is 13.2 Å². The number of aromatic amines is 1. The van der Waals surface area contributed by atoms with Crippen LogP contribution in [0.5, 0.6) is 5.88 Å². The Labute approximate surface area is 222 Å². The third kappa shape index (κ3) is 4.58. The summed E-state index contributed by atoms with van der Waals surface area (Å²) in [6.45, 7) is 2.03. The second-order valence-electron chi connectivity index (χ2n) is 8.34. The molecule has 10 heteroatoms. The number of nitrogens with zero attached hydrogens (tertiary/aromatic N) is 4. The van der Waals surface area contributed by atoms with Gasteiger partial charge < -0.3 is 19.0 Å². The van der Waals surface area contributed by atoms with Crippen LogP contribution in [0.25, 0.3) is 39.4 Å². The number of nitriles is 1. The normalized spacial score (nSPS) is 10.9. The first kappa shape index (κ1) is 25.0. The van der Waals surface area contributed by atoms with Crippen LogP contribution >= 0.6 is 11.6 Å². The van der Waals surface area contributed by atoms with E-state index in [4.69, 9.17) is 26.1 Å². The van der Waals surface area contributed by atoms with Gasteiger partial charge in [-0.15, -0.1) is 0 Å². The van der Waals surface area contributed by atoms with Crippen LogP contribution in [0.4, 0.5) is 4.39 Å². The number of fused-ring (bicyclic) bond motifs is 1. The summed E-state index contributed by atoms with van der Waals surface area (Å²) in [4.78, 5) is 24.5. The number of hydrogen-bond donors (Lipinski definition) is 1. The molecular weight excluding hydrogens is 509 g/mol. The first-order chi connectivity index (χ1) is 18.4. The fourth-order valence-electron chi connectivity index (χ4n) is 4.25. The second kappa shape index (κ2) is 10.4. The molecule has 8 nitrogen and oxygen atoms in total. The molecule has 5 rings (SSSR count). The van der Waals surface area contributed by atoms with Gasteiger partial charge in [0.2, 0.25) is 5.88 Å². The highest BCUT2D eigenvalue weighted by Gasteiger charge is 2.22. The Morgan fingerprint density at radius 1 is 1.24 bits per heavy atom. The number of esters is 1. The number of rotatable bonds is 7. The SMILES string of the molecule is CCOC(=O)Cc1cnc(OC)c(-c2nc3c(-c4ccc(C#N)cc4)n(-c4cccc(Cl)c4F)cc3[nH]2)c1. The van der Waals surface area contributed by atoms with Gasteiger partial charge in [-0.1, -0.05) is 29.8 Å². The molecule has 0 aliphatic rings. The lowest BCUT2D eigenvalue weighted by molar-refractivity contribution is -0.142. The quantitative estimate of drug-likeness (QED) is 0.265. The molecule has 38 heavy (non-hydrogen) atoms. The molecule has 0 amide bonds. The number of ether oxygens (including phenoxy) is 2. The highest BCUT2D eigenvalue weighted by Crippen LogP contribution is 2.37. The number of carbonyl (C=O) groups excluding carboxylic acids is 1. The monoisotopic (exact) mass is 529 g/mol. The molecule has 0 radical (unpaired) electrons. The maximum Gasteiger partial charge on any atom is 0.310 e. The van der Waals surface area contributed by atoms with Crippen LogP contribution < -0.4 is 4.74 Å². The fourth-order valence-corrected chi connectivity index (χ4v) is 4.42. The van der Waals surface area contributed by atoms with Gasteiger partial charge in [0.05, 0.1) is 59.3 Å². The van der Waals surface area contributed by atoms with Gasteiger partial charge in [-0.05, 0) is 42.8 Å². The van der Waals surface area contributed by atoms with Crippen LogP contribution in [0.2, 0.25) is 5.02 Å². The summed E-state index contributed by atoms with van der Waals surface area (Å²) < 4.78 is 27.3. The summed E-state index contributed by atoms with van der Waals surface area (Å²) in [7, 11) is 1.50. The number of imidazole rings is 1. The number of H-pyrrole nitrogens is 1. The van der Waals surface area contributed by atoms with Gasteiger partial charge in [0, 0.05) is 18.0 Å². The van der Waals surface area contributed by atoms with E-state index < -0.39 is 5.82 Å². The van der Waals surface area contributed by atoms with Crippen molar-refractivity contribution in [1.82, 2.24) is 19.5 Å². The highest BCUT2D eigenvalue weighted by atomic mass is 35.5. The van der Waals surface area contributed by atoms with Crippen molar-refractivity contribution in [2.75, 3.05) is 13.7 Å². The fraction of sp³-hybridized carbons (Fsp3) is 0.143. The number of carbonyl (C=O) groups is 1. The van der Waals surface area contributed by atoms with E-state index in [2.05, 4.69) is 16.0 Å². The van der Waals surface area contributed by atoms with Crippen LogP contribution in [-0.4, -0.2) is 39.2 Å². The standard InChI is InChI=1S/C28H21ClFN5O3/c1-3-38-23(36)12-17-11-19(28(37-2)32-14-17)27-33-21-15-35(22-6-4-5-20(29)24(22)30)26(25(21)34-27)18-9-7-16(13-31)8-10-18/h4-11,14-15H,3,12H2,1-2H3,(H,33,34). The van der Waals surface area contributed by atoms with E-state index in [1.54, 1.807) is 66.3 Å². The smallest absolute Gasteiger partial charge is 0.310 e. The molecule has 5 aromatic rings. The lowest BCUT2D eigenvalue weighted by atomic mass is 10.1. The molecule has 3 aromatic heterocycles. The zero-order valence-corrected chi connectivity index (χ0v) is 21.2. The molecule has 0 spiro atoms. The van der Waals surface area contributed by atoms with Gasteiger partial charge in [0.15, 0.2) is 5.82 Å². The molecule has 0 atom stereocenters. The van der Waals surface area contributed by atoms with Gasteiger partial charge >= 0.3 is 5.97 Å². The van der Waals surface area contributed by atoms with Crippen molar-refractivity contribution in [2.45, 2.75) is 13.3 Å². The Morgan fingerprint density at radius 2 is 2.03 bits per heavy atom. The average molecular weight is 530 g/mol. The summed E-state index contributed by atoms with van der Waals surface area (Å²) in [5.74, 6) is -0.155. The number of pyridine rings is 1. The Bertz CT molecular complexity index is 1700. The predicted octanol–water partition coefficient (Wildman–Crippen LogP) is 5.86. The molecule has 190 valence electrons. The van der Waals surface area contributed by atoms with Crippen LogP contribution in [-0.2, 0) is 16.0 Å². The first-order valence-electron chi connectivity index (χ1n) is 11.7. The zero-order valence-electron chi connectivity index (χ0n) is 20.5. The molecule has 0 unspecified atom stereocenters. The van der Waals surface area contributed by atoms with Crippen molar-refractivity contribution in [3.05, 3.63) is 82.9 Å². The van der Waals surface area contributed by atoms with Crippen LogP contribution in [0.1, 0.15) is 18.1 Å². The van der Waals surface area contributed by atoms with E-state index >= 15 is 4.39 Å². The van der Waals surface area contributed by atoms with E-state index in [1.807, 2.05) is 0 Å². The van der Waals surface area contributed by atoms with Gasteiger partial charge in [0.1, 0.15) is 11.3 Å². The minimum Gasteiger partial charge on any atom is -0.480 e. The van der Waals surface area contributed by atoms with Crippen LogP contribution in [0.3, 0.4) is 0 Å². The van der Waals surface area contributed by atoms with Gasteiger partial charge in [-0.3, -0.25) is 4.79 Å². The lowest BCUT2D eigenvalue weighted by Gasteiger charge is -2.12. The topological polar surface area (TPSA) is 106 Å². The summed E-state index contributed by atoms with van der Waals surface area (Å²) in [5, 5.41) is 9.23. The molecular formula is C28H21ClFN5O3. The molecule has 2 aromatic carbocycles. The minimum atomic E-state index is -0.570. The van der Waals surface area contributed by atoms with E-state index in [-0.39, 0.29) is 29.7 Å². The van der Waals surface area contributed by atoms with Crippen molar-refractivity contribution >= 4 is 28.6 Å². The van der Waals surface area contributed by atoms with Crippen molar-refractivity contribution in [2.24, 2.45) is 0 Å². The Balaban J connectivity index is 1.69. The third-order valence-electron chi connectivity index (χ3n) is 5.94. The van der Waals surface area contributed by atoms with Crippen LogP contribution in [0, 0.1) is 17.1 Å². The van der Waals surface area contributed by atoms with E-state index in [0.29, 0.717) is 45.1 Å². The third-order valence-corrected chi connectivity index (χ3v) is 6.24. The number of methoxy groups -OCH3 is 1. The number of hydrogen-bond acceptors (Lipinski definition) is 6. The average Bonchev–Trinajstić information content (AvgIpc) is 3.48. The second-order valence-corrected chi connectivity index (χ2v) is 8.75. The first-order valence-corrected chi connectivity index (χ1v) is 12.1. The molecule has 0 saturated carbocycles. The van der Waals surface area contributed by atoms with Gasteiger partial charge in [-0.2, -0.15) is 5.26 Å². The Morgan fingerprint density at radius 3 is 2.74 bits per heavy atom. The Kier molecular flexibility index (Phi) is 6.81. The van der Waals surface area contributed by atoms with Crippen LogP contribution in [0.15, 0.2) is 60.9 Å². The number of aromatic nitrogens is 4. The number of benzene rings is 2. The predicted molar refractivity (Wildman–Crippen MR) is 141 cm³/mol. The summed E-state index contributed by atoms with van der Waals surface area (Å²) >= 11 is 6.08. The van der Waals surface area contributed by atoms with Crippen molar-refractivity contribution in [1.29, 1.82) is 5.26 Å². The van der Waals surface area contributed by atoms with E-state index in [0.717, 1.165) is 5.56 Å². The molecule has 0 aliphatic carbocycles. The zero-order chi connectivity index (χ0) is 26.8. The number of halogens is 2. The maximum atomic E-state index is 15.1. The number of nitrogens with one attached hydrogen (secondary N) is 1. The largest absolute Gasteiger partial charge is 0.480 e. The molecule has 0 bridgehead atoms. The minimum absolute atomic E-state index is 0.00601. The maximum absolute atomic E-state index is 15.1. The summed E-state index contributed by atoms with van der Waals surface area (Å²) in [5.41, 5.74) is 4.43. The van der Waals surface area contributed by atoms with Gasteiger partial charge in [-0.25, -0.2) is 14.4 Å². The highest BCUT2D eigenvalue weighted by molar-refractivity contribution is 6.30. The summed E-state index contributed by atoms with van der Waals surface area (Å²) in [6, 6.07) is 15.6. The van der Waals surface area contributed by atoms with Crippen molar-refractivity contribution in [3.63, 3.8) is 0 Å². The molecule has 0 saturated heterocycles. The molecule has 0 aliphatic heterocycles. The molecule has 1 N–H and O–H groups in total. The lowest BCUT2D eigenvalue weighted by Crippen LogP contribution is -2.08. The Hall–Kier alpha value is -4.68.